The molecule has 0 aliphatic carbocycles. The normalized spacial score (nSPS) is 28.1. The van der Waals surface area contributed by atoms with Gasteiger partial charge in [-0.15, -0.1) is 0 Å². The molecule has 2 rings (SSSR count). The topological polar surface area (TPSA) is 451 Å². The third kappa shape index (κ3) is 17.0. The molecule has 0 spiro atoms. The third-order valence-electron chi connectivity index (χ3n) is 10.2. The van der Waals surface area contributed by atoms with Crippen molar-refractivity contribution in [1.82, 2.24) is 31.9 Å². The zero-order valence-electron chi connectivity index (χ0n) is 36.1. The molecule has 0 radical (unpaired) electrons. The summed E-state index contributed by atoms with van der Waals surface area (Å²) in [5, 5.41) is 93.8. The summed E-state index contributed by atoms with van der Waals surface area (Å²) in [6, 6.07) is -10.3. The fourth-order valence-electron chi connectivity index (χ4n) is 6.62. The monoisotopic (exact) mass is 939 g/mol. The molecular weight excluding hydrogens is 878 g/mol. The molecule has 2 aliphatic heterocycles. The van der Waals surface area contributed by atoms with Crippen LogP contribution in [0.2, 0.25) is 0 Å². The summed E-state index contributed by atoms with van der Waals surface area (Å²) < 4.78 is 23.1. The van der Waals surface area contributed by atoms with Crippen LogP contribution in [0.4, 0.5) is 0 Å². The van der Waals surface area contributed by atoms with E-state index in [-0.39, 0.29) is 19.3 Å². The van der Waals surface area contributed by atoms with E-state index in [9.17, 15) is 73.8 Å². The lowest BCUT2D eigenvalue weighted by Gasteiger charge is -2.48. The van der Waals surface area contributed by atoms with E-state index in [4.69, 9.17) is 34.9 Å². The van der Waals surface area contributed by atoms with E-state index in [2.05, 4.69) is 31.9 Å². The van der Waals surface area contributed by atoms with Gasteiger partial charge >= 0.3 is 17.9 Å². The van der Waals surface area contributed by atoms with Crippen molar-refractivity contribution in [3.63, 3.8) is 0 Å². The van der Waals surface area contributed by atoms with Gasteiger partial charge in [0.05, 0.1) is 13.2 Å². The number of rotatable bonds is 25. The average Bonchev–Trinajstić information content (AvgIpc) is 3.22. The van der Waals surface area contributed by atoms with Gasteiger partial charge in [-0.2, -0.15) is 0 Å². The van der Waals surface area contributed by atoms with E-state index in [1.165, 1.54) is 6.92 Å². The molecule has 2 heterocycles. The van der Waals surface area contributed by atoms with Gasteiger partial charge in [0.25, 0.3) is 0 Å². The van der Waals surface area contributed by atoms with Crippen LogP contribution in [0.3, 0.4) is 0 Å². The fraction of sp³-hybridized carbons (Fsp3) is 0.757. The number of hydrogen-bond donors (Lipinski definition) is 15. The molecule has 6 amide bonds. The van der Waals surface area contributed by atoms with E-state index in [0.29, 0.717) is 0 Å². The van der Waals surface area contributed by atoms with E-state index >= 15 is 0 Å². The first-order chi connectivity index (χ1) is 30.3. The summed E-state index contributed by atoms with van der Waals surface area (Å²) in [4.78, 5) is 111. The van der Waals surface area contributed by atoms with Gasteiger partial charge in [0.15, 0.2) is 12.6 Å². The number of aliphatic hydroxyl groups is 5. The van der Waals surface area contributed by atoms with Crippen molar-refractivity contribution in [1.29, 1.82) is 0 Å². The van der Waals surface area contributed by atoms with Gasteiger partial charge < -0.3 is 97.4 Å². The SMILES string of the molecule is CC(=O)N[C@@H]1[C@@H](OC(C)C(=O)N[C@@H](C)C(=O)N[C@H](CCC(=O)N[C@@H](CCCC(N)C(=O)O)C(=O)N[C@H](C)C(=O)O)C(=O)O)[C@H](O[C@@H]2O[C@H](CO)[C@@H](O)[C@H](O)[C@H]2NC(C)=O)[C@@H](CO)O[C@@H]1O. The Morgan fingerprint density at radius 2 is 1.22 bits per heavy atom. The van der Waals surface area contributed by atoms with Crippen molar-refractivity contribution in [3.05, 3.63) is 0 Å². The molecule has 16 atom stereocenters. The first-order valence-corrected chi connectivity index (χ1v) is 20.4. The minimum Gasteiger partial charge on any atom is -0.480 e. The molecular formula is C37H61N7O21. The number of carbonyl (C=O) groups excluding carboxylic acids is 6. The van der Waals surface area contributed by atoms with Gasteiger partial charge in [0.1, 0.15) is 85.0 Å². The molecule has 0 aromatic rings. The molecule has 2 saturated heterocycles. The van der Waals surface area contributed by atoms with Crippen molar-refractivity contribution < 1.29 is 103 Å². The standard InChI is InChI=1S/C37H61N7O21/c1-13(30(52)44-20(35(59)60)9-10-23(49)43-19(8-6-7-18(38)34(57)58)32(54)40-14(2)33(55)56)39-31(53)15(3)62-29-25(42-17(5)48)36(61)63-22(12-46)28(29)65-37-24(41-16(4)47)27(51)26(50)21(11-45)64-37/h13-15,18-22,24-29,36-37,45-46,50-51,61H,6-12,38H2,1-5H3,(H,39,53)(H,40,54)(H,41,47)(H,42,48)(H,43,49)(H,44,52)(H,55,56)(H,57,58)(H,59,60)/t13-,14+,15?,18?,19-,20+,21+,22+,24+,25+,26+,27+,28+,29+,36-,37-/m0/s1. The van der Waals surface area contributed by atoms with Gasteiger partial charge in [0, 0.05) is 20.3 Å². The van der Waals surface area contributed by atoms with E-state index in [0.717, 1.165) is 27.7 Å². The van der Waals surface area contributed by atoms with Gasteiger partial charge in [-0.25, -0.2) is 4.79 Å². The summed E-state index contributed by atoms with van der Waals surface area (Å²) in [5.41, 5.74) is 5.49. The molecule has 65 heavy (non-hydrogen) atoms. The number of aliphatic carboxylic acids is 3. The van der Waals surface area contributed by atoms with Crippen molar-refractivity contribution in [2.45, 2.75) is 164 Å². The van der Waals surface area contributed by atoms with Crippen molar-refractivity contribution >= 4 is 53.4 Å². The van der Waals surface area contributed by atoms with Gasteiger partial charge in [-0.3, -0.25) is 38.4 Å². The molecule has 28 nitrogen and oxygen atoms in total. The molecule has 0 bridgehead atoms. The summed E-state index contributed by atoms with van der Waals surface area (Å²) in [6.07, 6.45) is -16.4. The van der Waals surface area contributed by atoms with Crippen molar-refractivity contribution in [3.8, 4) is 0 Å². The minimum atomic E-state index is -1.90. The number of aliphatic hydroxyl groups excluding tert-OH is 5. The van der Waals surface area contributed by atoms with Crippen LogP contribution in [0.25, 0.3) is 0 Å². The second kappa shape index (κ2) is 26.1. The van der Waals surface area contributed by atoms with Gasteiger partial charge in [0.2, 0.25) is 35.4 Å². The Kier molecular flexibility index (Phi) is 22.5. The highest BCUT2D eigenvalue weighted by atomic mass is 16.7. The lowest BCUT2D eigenvalue weighted by Crippen LogP contribution is -2.70. The number of ether oxygens (including phenoxy) is 4. The van der Waals surface area contributed by atoms with Gasteiger partial charge in [-0.05, 0) is 46.5 Å². The van der Waals surface area contributed by atoms with Gasteiger partial charge in [-0.1, -0.05) is 0 Å². The predicted octanol–water partition coefficient (Wildman–Crippen LogP) is -7.19. The molecule has 16 N–H and O–H groups in total. The maximum absolute atomic E-state index is 13.4. The lowest BCUT2D eigenvalue weighted by molar-refractivity contribution is -0.333. The highest BCUT2D eigenvalue weighted by Crippen LogP contribution is 2.31. The molecule has 2 fully saturated rings. The van der Waals surface area contributed by atoms with E-state index in [1.54, 1.807) is 0 Å². The van der Waals surface area contributed by atoms with E-state index < -0.39 is 177 Å². The van der Waals surface area contributed by atoms with Crippen LogP contribution in [0.5, 0.6) is 0 Å². The van der Waals surface area contributed by atoms with Crippen LogP contribution in [0.1, 0.15) is 66.7 Å². The summed E-state index contributed by atoms with van der Waals surface area (Å²) >= 11 is 0. The minimum absolute atomic E-state index is 0.0111. The molecule has 28 heteroatoms. The predicted molar refractivity (Wildman–Crippen MR) is 213 cm³/mol. The number of amides is 6. The number of carboxylic acids is 3. The highest BCUT2D eigenvalue weighted by molar-refractivity contribution is 5.92. The summed E-state index contributed by atoms with van der Waals surface area (Å²) in [5.74, 6) is -9.67. The number of hydrogen-bond acceptors (Lipinski definition) is 19. The molecule has 2 unspecified atom stereocenters. The Bertz CT molecular complexity index is 1690. The molecule has 0 saturated carbocycles. The second-order valence-corrected chi connectivity index (χ2v) is 15.5. The Labute approximate surface area is 371 Å². The Balaban J connectivity index is 2.21. The Morgan fingerprint density at radius 1 is 0.631 bits per heavy atom. The molecule has 2 aliphatic rings. The maximum atomic E-state index is 13.4. The molecule has 0 aromatic heterocycles. The number of carboxylic acid groups (broad SMARTS) is 3. The van der Waals surface area contributed by atoms with Crippen molar-refractivity contribution in [2.75, 3.05) is 13.2 Å². The number of carbonyl (C=O) groups is 9. The average molecular weight is 940 g/mol. The van der Waals surface area contributed by atoms with Crippen LogP contribution in [0.15, 0.2) is 0 Å². The van der Waals surface area contributed by atoms with Crippen LogP contribution in [-0.4, -0.2) is 205 Å². The Morgan fingerprint density at radius 3 is 1.75 bits per heavy atom. The lowest BCUT2D eigenvalue weighted by atomic mass is 9.94. The van der Waals surface area contributed by atoms with Crippen LogP contribution < -0.4 is 37.6 Å². The van der Waals surface area contributed by atoms with Crippen molar-refractivity contribution in [2.24, 2.45) is 5.73 Å². The zero-order valence-corrected chi connectivity index (χ0v) is 36.1. The molecule has 370 valence electrons. The fourth-order valence-corrected chi connectivity index (χ4v) is 6.62. The summed E-state index contributed by atoms with van der Waals surface area (Å²) in [7, 11) is 0. The number of nitrogens with one attached hydrogen (secondary N) is 6. The van der Waals surface area contributed by atoms with Crippen LogP contribution in [0, 0.1) is 0 Å². The number of nitrogens with two attached hydrogens (primary N) is 1. The first kappa shape index (κ1) is 56.0. The highest BCUT2D eigenvalue weighted by Gasteiger charge is 2.53. The third-order valence-corrected chi connectivity index (χ3v) is 10.2. The second-order valence-electron chi connectivity index (χ2n) is 15.5. The summed E-state index contributed by atoms with van der Waals surface area (Å²) in [6.45, 7) is 3.91. The maximum Gasteiger partial charge on any atom is 0.326 e. The quantitative estimate of drug-likeness (QED) is 0.0404. The zero-order chi connectivity index (χ0) is 49.5. The first-order valence-electron chi connectivity index (χ1n) is 20.4. The Hall–Kier alpha value is -5.17. The smallest absolute Gasteiger partial charge is 0.326 e. The van der Waals surface area contributed by atoms with E-state index in [1.807, 2.05) is 0 Å². The van der Waals surface area contributed by atoms with Crippen LogP contribution >= 0.6 is 0 Å². The molecule has 0 aromatic carbocycles. The van der Waals surface area contributed by atoms with Crippen LogP contribution in [-0.2, 0) is 62.1 Å². The largest absolute Gasteiger partial charge is 0.480 e.